The monoisotopic (exact) mass is 488 g/mol. The van der Waals surface area contributed by atoms with Gasteiger partial charge in [0.25, 0.3) is 0 Å². The highest BCUT2D eigenvalue weighted by atomic mass is 32.2. The molecule has 9 nitrogen and oxygen atoms in total. The number of fused-ring (bicyclic) bond motifs is 1. The van der Waals surface area contributed by atoms with E-state index >= 15 is 0 Å². The van der Waals surface area contributed by atoms with E-state index in [1.807, 2.05) is 32.9 Å². The van der Waals surface area contributed by atoms with Crippen LogP contribution < -0.4 is 9.64 Å². The molecule has 1 aromatic heterocycles. The number of likely N-dealkylation sites (tertiary alicyclic amines) is 1. The summed E-state index contributed by atoms with van der Waals surface area (Å²) in [5.74, 6) is 1.28. The lowest BCUT2D eigenvalue weighted by atomic mass is 10.1. The summed E-state index contributed by atoms with van der Waals surface area (Å²) in [6.07, 6.45) is 3.27. The average Bonchev–Trinajstić information content (AvgIpc) is 3.22. The molecular weight excluding hydrogens is 456 g/mol. The number of hydrogen-bond donors (Lipinski definition) is 0. The highest BCUT2D eigenvalue weighted by Gasteiger charge is 2.29. The summed E-state index contributed by atoms with van der Waals surface area (Å²) >= 11 is 0. The van der Waals surface area contributed by atoms with E-state index in [-0.39, 0.29) is 18.0 Å². The first-order valence-electron chi connectivity index (χ1n) is 11.7. The lowest BCUT2D eigenvalue weighted by Crippen LogP contribution is -2.44. The van der Waals surface area contributed by atoms with Crippen LogP contribution in [0, 0.1) is 0 Å². The van der Waals surface area contributed by atoms with Gasteiger partial charge in [-0.25, -0.2) is 23.2 Å². The third kappa shape index (κ3) is 5.43. The molecule has 2 aliphatic rings. The quantitative estimate of drug-likeness (QED) is 0.627. The number of hydrogen-bond acceptors (Lipinski definition) is 8. The van der Waals surface area contributed by atoms with E-state index in [2.05, 4.69) is 14.9 Å². The fraction of sp³-hybridized carbons (Fsp3) is 0.542. The van der Waals surface area contributed by atoms with Crippen molar-refractivity contribution in [3.8, 4) is 5.88 Å². The van der Waals surface area contributed by atoms with Gasteiger partial charge in [0.1, 0.15) is 23.9 Å². The molecule has 0 N–H and O–H groups in total. The van der Waals surface area contributed by atoms with E-state index in [9.17, 15) is 13.2 Å². The Bertz CT molecular complexity index is 1150. The first kappa shape index (κ1) is 24.3. The second-order valence-corrected chi connectivity index (χ2v) is 11.9. The van der Waals surface area contributed by atoms with Gasteiger partial charge in [0.05, 0.1) is 10.6 Å². The summed E-state index contributed by atoms with van der Waals surface area (Å²) in [5, 5.41) is 0. The fourth-order valence-corrected chi connectivity index (χ4v) is 5.10. The maximum atomic E-state index is 12.3. The lowest BCUT2D eigenvalue weighted by Gasteiger charge is -2.33. The molecule has 1 fully saturated rings. The number of aromatic nitrogens is 2. The molecule has 1 aromatic carbocycles. The Labute approximate surface area is 201 Å². The summed E-state index contributed by atoms with van der Waals surface area (Å²) in [6.45, 7) is 9.07. The Morgan fingerprint density at radius 3 is 2.53 bits per heavy atom. The van der Waals surface area contributed by atoms with Crippen LogP contribution >= 0.6 is 0 Å². The smallest absolute Gasteiger partial charge is 0.410 e. The van der Waals surface area contributed by atoms with Crippen molar-refractivity contribution in [2.24, 2.45) is 0 Å². The first-order valence-corrected chi connectivity index (χ1v) is 13.3. The second-order valence-electron chi connectivity index (χ2n) is 9.59. The number of carbonyl (C=O) groups excluding carboxylic acids is 1. The summed E-state index contributed by atoms with van der Waals surface area (Å²) in [6, 6.07) is 7.09. The maximum absolute atomic E-state index is 12.3. The molecule has 3 heterocycles. The molecule has 0 bridgehead atoms. The van der Waals surface area contributed by atoms with Crippen molar-refractivity contribution < 1.29 is 22.7 Å². The lowest BCUT2D eigenvalue weighted by molar-refractivity contribution is 0.0123. The third-order valence-corrected chi connectivity index (χ3v) is 7.70. The van der Waals surface area contributed by atoms with Gasteiger partial charge in [0, 0.05) is 44.2 Å². The second kappa shape index (κ2) is 9.40. The Morgan fingerprint density at radius 1 is 1.12 bits per heavy atom. The molecule has 1 amide bonds. The molecule has 0 unspecified atom stereocenters. The zero-order chi connectivity index (χ0) is 24.5. The van der Waals surface area contributed by atoms with Gasteiger partial charge in [-0.1, -0.05) is 6.92 Å². The molecule has 1 saturated heterocycles. The predicted molar refractivity (Wildman–Crippen MR) is 128 cm³/mol. The van der Waals surface area contributed by atoms with Gasteiger partial charge in [0.2, 0.25) is 5.88 Å². The van der Waals surface area contributed by atoms with E-state index in [4.69, 9.17) is 9.47 Å². The molecule has 0 radical (unpaired) electrons. The Kier molecular flexibility index (Phi) is 6.71. The Balaban J connectivity index is 1.40. The van der Waals surface area contributed by atoms with E-state index in [1.54, 1.807) is 24.0 Å². The molecule has 0 saturated carbocycles. The molecule has 0 spiro atoms. The van der Waals surface area contributed by atoms with Gasteiger partial charge in [-0.05, 0) is 51.0 Å². The zero-order valence-corrected chi connectivity index (χ0v) is 21.0. The number of carbonyl (C=O) groups is 1. The SMILES string of the molecule is CCS(=O)(=O)c1ccc2c(c1)CCN2c1cc(OC2CCN(C(=O)OC(C)(C)C)CC2)ncn1. The molecule has 34 heavy (non-hydrogen) atoms. The maximum Gasteiger partial charge on any atom is 0.410 e. The number of sulfone groups is 1. The van der Waals surface area contributed by atoms with Gasteiger partial charge in [-0.2, -0.15) is 0 Å². The van der Waals surface area contributed by atoms with Gasteiger partial charge in [-0.3, -0.25) is 0 Å². The summed E-state index contributed by atoms with van der Waals surface area (Å²) in [5.41, 5.74) is 1.43. The number of nitrogens with zero attached hydrogens (tertiary/aromatic N) is 4. The van der Waals surface area contributed by atoms with E-state index in [0.29, 0.717) is 49.1 Å². The molecule has 4 rings (SSSR count). The molecular formula is C24H32N4O5S. The Hall–Kier alpha value is -2.88. The van der Waals surface area contributed by atoms with Gasteiger partial charge in [0.15, 0.2) is 9.84 Å². The topological polar surface area (TPSA) is 102 Å². The predicted octanol–water partition coefficient (Wildman–Crippen LogP) is 3.74. The number of amides is 1. The standard InChI is InChI=1S/C24H32N4O5S/c1-5-34(30,31)19-6-7-20-17(14-19)8-13-28(20)21-15-22(26-16-25-21)32-18-9-11-27(12-10-18)23(29)33-24(2,3)4/h6-7,14-16,18H,5,8-13H2,1-4H3. The van der Waals surface area contributed by atoms with Crippen LogP contribution in [0.3, 0.4) is 0 Å². The van der Waals surface area contributed by atoms with Gasteiger partial charge >= 0.3 is 6.09 Å². The van der Waals surface area contributed by atoms with Crippen LogP contribution in [0.25, 0.3) is 0 Å². The van der Waals surface area contributed by atoms with Crippen LogP contribution in [0.15, 0.2) is 35.5 Å². The van der Waals surface area contributed by atoms with Crippen molar-refractivity contribution in [3.63, 3.8) is 0 Å². The van der Waals surface area contributed by atoms with Crippen molar-refractivity contribution >= 4 is 27.4 Å². The van der Waals surface area contributed by atoms with Crippen molar-refractivity contribution in [1.82, 2.24) is 14.9 Å². The minimum Gasteiger partial charge on any atom is -0.474 e. The average molecular weight is 489 g/mol. The highest BCUT2D eigenvalue weighted by molar-refractivity contribution is 7.91. The van der Waals surface area contributed by atoms with E-state index in [1.165, 1.54) is 6.33 Å². The molecule has 10 heteroatoms. The number of rotatable bonds is 5. The van der Waals surface area contributed by atoms with Crippen molar-refractivity contribution in [1.29, 1.82) is 0 Å². The van der Waals surface area contributed by atoms with Crippen LogP contribution in [-0.4, -0.2) is 66.5 Å². The number of anilines is 2. The number of ether oxygens (including phenoxy) is 2. The zero-order valence-electron chi connectivity index (χ0n) is 20.2. The van der Waals surface area contributed by atoms with Crippen molar-refractivity contribution in [2.75, 3.05) is 30.3 Å². The first-order chi connectivity index (χ1) is 16.1. The largest absolute Gasteiger partial charge is 0.474 e. The fourth-order valence-electron chi connectivity index (χ4n) is 4.17. The molecule has 2 aromatic rings. The van der Waals surface area contributed by atoms with Crippen LogP contribution in [0.4, 0.5) is 16.3 Å². The van der Waals surface area contributed by atoms with Crippen LogP contribution in [-0.2, 0) is 21.0 Å². The summed E-state index contributed by atoms with van der Waals surface area (Å²) < 4.78 is 36.0. The normalized spacial score (nSPS) is 16.9. The molecule has 2 aliphatic heterocycles. The van der Waals surface area contributed by atoms with E-state index < -0.39 is 15.4 Å². The van der Waals surface area contributed by atoms with Crippen LogP contribution in [0.2, 0.25) is 0 Å². The Morgan fingerprint density at radius 2 is 1.85 bits per heavy atom. The van der Waals surface area contributed by atoms with Crippen molar-refractivity contribution in [3.05, 3.63) is 36.2 Å². The summed E-state index contributed by atoms with van der Waals surface area (Å²) in [4.78, 5) is 25.1. The van der Waals surface area contributed by atoms with E-state index in [0.717, 1.165) is 17.7 Å². The van der Waals surface area contributed by atoms with Crippen molar-refractivity contribution in [2.45, 2.75) is 63.6 Å². The third-order valence-electron chi connectivity index (χ3n) is 5.97. The van der Waals surface area contributed by atoms with Gasteiger partial charge < -0.3 is 19.3 Å². The molecule has 184 valence electrons. The van der Waals surface area contributed by atoms with Crippen LogP contribution in [0.5, 0.6) is 5.88 Å². The number of benzene rings is 1. The van der Waals surface area contributed by atoms with Gasteiger partial charge in [-0.15, -0.1) is 0 Å². The van der Waals surface area contributed by atoms with Crippen LogP contribution in [0.1, 0.15) is 46.1 Å². The highest BCUT2D eigenvalue weighted by Crippen LogP contribution is 2.36. The molecule has 0 aliphatic carbocycles. The molecule has 0 atom stereocenters. The summed E-state index contributed by atoms with van der Waals surface area (Å²) in [7, 11) is -3.24. The number of piperidine rings is 1. The minimum atomic E-state index is -3.24. The minimum absolute atomic E-state index is 0.0471.